The van der Waals surface area contributed by atoms with E-state index in [0.29, 0.717) is 25.8 Å². The van der Waals surface area contributed by atoms with Gasteiger partial charge in [-0.15, -0.1) is 0 Å². The Kier molecular flexibility index (Phi) is 6.63. The zero-order valence-electron chi connectivity index (χ0n) is 15.0. The fourth-order valence-corrected chi connectivity index (χ4v) is 3.08. The highest BCUT2D eigenvalue weighted by molar-refractivity contribution is 5.95. The van der Waals surface area contributed by atoms with E-state index in [1.54, 1.807) is 4.90 Å². The zero-order valence-corrected chi connectivity index (χ0v) is 15.0. The van der Waals surface area contributed by atoms with E-state index in [0.717, 1.165) is 12.6 Å². The maximum Gasteiger partial charge on any atom is 0.417 e. The van der Waals surface area contributed by atoms with E-state index >= 15 is 0 Å². The molecule has 1 aliphatic rings. The summed E-state index contributed by atoms with van der Waals surface area (Å²) in [7, 11) is 3.85. The summed E-state index contributed by atoms with van der Waals surface area (Å²) in [6.45, 7) is 1.58. The lowest BCUT2D eigenvalue weighted by Crippen LogP contribution is -2.40. The Hall–Kier alpha value is -2.09. The molecule has 0 radical (unpaired) electrons. The van der Waals surface area contributed by atoms with E-state index < -0.39 is 17.6 Å². The second kappa shape index (κ2) is 8.53. The van der Waals surface area contributed by atoms with Crippen LogP contribution in [-0.4, -0.2) is 61.4 Å². The van der Waals surface area contributed by atoms with Gasteiger partial charge >= 0.3 is 6.18 Å². The van der Waals surface area contributed by atoms with Crippen molar-refractivity contribution in [2.24, 2.45) is 0 Å². The highest BCUT2D eigenvalue weighted by atomic mass is 19.4. The van der Waals surface area contributed by atoms with Gasteiger partial charge in [-0.2, -0.15) is 13.2 Å². The smallest absolute Gasteiger partial charge is 0.352 e. The Morgan fingerprint density at radius 2 is 2.00 bits per heavy atom. The fraction of sp³-hybridized carbons (Fsp3) is 0.556. The molecule has 0 saturated carbocycles. The number of hydrogen-bond acceptors (Lipinski definition) is 3. The van der Waals surface area contributed by atoms with Crippen molar-refractivity contribution in [1.29, 1.82) is 0 Å². The Bertz CT molecular complexity index is 647. The predicted molar refractivity (Wildman–Crippen MR) is 91.7 cm³/mol. The van der Waals surface area contributed by atoms with E-state index in [4.69, 9.17) is 0 Å². The summed E-state index contributed by atoms with van der Waals surface area (Å²) < 4.78 is 39.0. The Morgan fingerprint density at radius 1 is 1.31 bits per heavy atom. The number of likely N-dealkylation sites (tertiary alicyclic amines) is 1. The standard InChI is InChI=1S/C18H24F3N3O2/c1-23(2)11-12-24-13(7-8-16(24)25)9-10-22-17(26)14-5-3-4-6-15(14)18(19,20)21/h3-6,13H,7-12H2,1-2H3,(H,22,26)/t13-/m0/s1. The summed E-state index contributed by atoms with van der Waals surface area (Å²) in [5, 5.41) is 2.55. The number of rotatable bonds is 7. The summed E-state index contributed by atoms with van der Waals surface area (Å²) in [6, 6.07) is 4.74. The molecule has 8 heteroatoms. The number of halogens is 3. The van der Waals surface area contributed by atoms with Gasteiger partial charge in [0.2, 0.25) is 5.91 Å². The minimum atomic E-state index is -4.57. The number of alkyl halides is 3. The first-order chi connectivity index (χ1) is 12.2. The maximum absolute atomic E-state index is 13.0. The molecule has 0 bridgehead atoms. The minimum Gasteiger partial charge on any atom is -0.352 e. The van der Waals surface area contributed by atoms with Crippen molar-refractivity contribution in [2.75, 3.05) is 33.7 Å². The largest absolute Gasteiger partial charge is 0.417 e. The van der Waals surface area contributed by atoms with Crippen molar-refractivity contribution >= 4 is 11.8 Å². The minimum absolute atomic E-state index is 0.0145. The molecule has 1 saturated heterocycles. The van der Waals surface area contributed by atoms with Crippen molar-refractivity contribution in [3.8, 4) is 0 Å². The molecule has 1 heterocycles. The van der Waals surface area contributed by atoms with Crippen LogP contribution in [0.5, 0.6) is 0 Å². The number of nitrogens with one attached hydrogen (secondary N) is 1. The van der Waals surface area contributed by atoms with Crippen LogP contribution in [0.25, 0.3) is 0 Å². The van der Waals surface area contributed by atoms with Crippen LogP contribution in [-0.2, 0) is 11.0 Å². The third-order valence-corrected chi connectivity index (χ3v) is 4.48. The number of likely N-dealkylation sites (N-methyl/N-ethyl adjacent to an activating group) is 1. The normalized spacial score (nSPS) is 17.8. The summed E-state index contributed by atoms with van der Waals surface area (Å²) >= 11 is 0. The third kappa shape index (κ3) is 5.20. The van der Waals surface area contributed by atoms with Crippen LogP contribution < -0.4 is 5.32 Å². The van der Waals surface area contributed by atoms with Gasteiger partial charge in [-0.25, -0.2) is 0 Å². The summed E-state index contributed by atoms with van der Waals surface area (Å²) in [6.07, 6.45) is -2.86. The second-order valence-corrected chi connectivity index (χ2v) is 6.67. The molecule has 5 nitrogen and oxygen atoms in total. The zero-order chi connectivity index (χ0) is 19.3. The average molecular weight is 371 g/mol. The van der Waals surface area contributed by atoms with Crippen LogP contribution in [0.4, 0.5) is 13.2 Å². The van der Waals surface area contributed by atoms with Crippen LogP contribution in [0.1, 0.15) is 35.2 Å². The lowest BCUT2D eigenvalue weighted by molar-refractivity contribution is -0.138. The van der Waals surface area contributed by atoms with Crippen molar-refractivity contribution in [1.82, 2.24) is 15.1 Å². The molecule has 2 rings (SSSR count). The molecule has 1 aliphatic heterocycles. The van der Waals surface area contributed by atoms with E-state index in [1.807, 2.05) is 19.0 Å². The maximum atomic E-state index is 13.0. The lowest BCUT2D eigenvalue weighted by Gasteiger charge is -2.26. The molecule has 144 valence electrons. The molecular weight excluding hydrogens is 347 g/mol. The van der Waals surface area contributed by atoms with Gasteiger partial charge in [0.25, 0.3) is 5.91 Å². The van der Waals surface area contributed by atoms with Crippen LogP contribution in [0.2, 0.25) is 0 Å². The first-order valence-corrected chi connectivity index (χ1v) is 8.58. The van der Waals surface area contributed by atoms with Gasteiger partial charge < -0.3 is 15.1 Å². The molecule has 1 aromatic rings. The van der Waals surface area contributed by atoms with Gasteiger partial charge in [0, 0.05) is 32.1 Å². The number of hydrogen-bond donors (Lipinski definition) is 1. The van der Waals surface area contributed by atoms with Gasteiger partial charge in [-0.1, -0.05) is 12.1 Å². The van der Waals surface area contributed by atoms with Crippen LogP contribution in [0.15, 0.2) is 24.3 Å². The van der Waals surface area contributed by atoms with Crippen LogP contribution >= 0.6 is 0 Å². The first-order valence-electron chi connectivity index (χ1n) is 8.58. The Morgan fingerprint density at radius 3 is 2.65 bits per heavy atom. The fourth-order valence-electron chi connectivity index (χ4n) is 3.08. The highest BCUT2D eigenvalue weighted by Gasteiger charge is 2.35. The van der Waals surface area contributed by atoms with Gasteiger partial charge in [0.15, 0.2) is 0 Å². The van der Waals surface area contributed by atoms with Gasteiger partial charge in [-0.3, -0.25) is 9.59 Å². The number of nitrogens with zero attached hydrogens (tertiary/aromatic N) is 2. The molecule has 0 spiro atoms. The number of carbonyl (C=O) groups is 2. The molecule has 0 unspecified atom stereocenters. The molecule has 2 amide bonds. The highest BCUT2D eigenvalue weighted by Crippen LogP contribution is 2.31. The van der Waals surface area contributed by atoms with E-state index in [2.05, 4.69) is 5.32 Å². The van der Waals surface area contributed by atoms with Crippen molar-refractivity contribution in [3.05, 3.63) is 35.4 Å². The summed E-state index contributed by atoms with van der Waals surface area (Å²) in [4.78, 5) is 27.9. The van der Waals surface area contributed by atoms with Gasteiger partial charge in [-0.05, 0) is 39.1 Å². The Balaban J connectivity index is 1.91. The molecule has 0 aliphatic carbocycles. The molecule has 1 aromatic carbocycles. The van der Waals surface area contributed by atoms with Gasteiger partial charge in [0.1, 0.15) is 0 Å². The van der Waals surface area contributed by atoms with Crippen molar-refractivity contribution in [3.63, 3.8) is 0 Å². The summed E-state index contributed by atoms with van der Waals surface area (Å²) in [5.74, 6) is -0.660. The quantitative estimate of drug-likeness (QED) is 0.801. The van der Waals surface area contributed by atoms with Crippen LogP contribution in [0, 0.1) is 0 Å². The lowest BCUT2D eigenvalue weighted by atomic mass is 10.1. The van der Waals surface area contributed by atoms with E-state index in [-0.39, 0.29) is 24.1 Å². The average Bonchev–Trinajstić information content (AvgIpc) is 2.92. The molecule has 1 atom stereocenters. The molecule has 1 N–H and O–H groups in total. The molecular formula is C18H24F3N3O2. The van der Waals surface area contributed by atoms with Crippen molar-refractivity contribution in [2.45, 2.75) is 31.5 Å². The SMILES string of the molecule is CN(C)CCN1C(=O)CC[C@H]1CCNC(=O)c1ccccc1C(F)(F)F. The molecule has 1 fully saturated rings. The first kappa shape index (κ1) is 20.2. The predicted octanol–water partition coefficient (Wildman–Crippen LogP) is 2.38. The second-order valence-electron chi connectivity index (χ2n) is 6.67. The number of amides is 2. The third-order valence-electron chi connectivity index (χ3n) is 4.48. The van der Waals surface area contributed by atoms with E-state index in [1.165, 1.54) is 18.2 Å². The molecule has 26 heavy (non-hydrogen) atoms. The number of carbonyl (C=O) groups excluding carboxylic acids is 2. The monoisotopic (exact) mass is 371 g/mol. The molecule has 0 aromatic heterocycles. The Labute approximate surface area is 151 Å². The van der Waals surface area contributed by atoms with E-state index in [9.17, 15) is 22.8 Å². The van der Waals surface area contributed by atoms with Crippen molar-refractivity contribution < 1.29 is 22.8 Å². The van der Waals surface area contributed by atoms with Crippen LogP contribution in [0.3, 0.4) is 0 Å². The summed E-state index contributed by atoms with van der Waals surface area (Å²) in [5.41, 5.74) is -1.33. The number of benzene rings is 1. The van der Waals surface area contributed by atoms with Gasteiger partial charge in [0.05, 0.1) is 11.1 Å². The topological polar surface area (TPSA) is 52.6 Å².